The van der Waals surface area contributed by atoms with Gasteiger partial charge in [-0.25, -0.2) is 4.79 Å². The molecule has 0 spiro atoms. The monoisotopic (exact) mass is 391 g/mol. The number of aryl methyl sites for hydroxylation is 1. The highest BCUT2D eigenvalue weighted by Gasteiger charge is 2.13. The third-order valence-corrected chi connectivity index (χ3v) is 4.32. The third kappa shape index (κ3) is 4.72. The van der Waals surface area contributed by atoms with Crippen LogP contribution in [0.25, 0.3) is 10.8 Å². The molecule has 0 aromatic heterocycles. The SMILES string of the molecule is CCNC(=S)NN=Cc1c(OC(=O)c2cccc(C)c2)ccc2ccccc12. The molecular weight excluding hydrogens is 370 g/mol. The van der Waals surface area contributed by atoms with Crippen LogP contribution in [0.5, 0.6) is 5.75 Å². The number of hydrogen-bond donors (Lipinski definition) is 2. The second-order valence-corrected chi connectivity index (χ2v) is 6.60. The van der Waals surface area contributed by atoms with E-state index in [1.807, 2.05) is 56.3 Å². The van der Waals surface area contributed by atoms with Crippen molar-refractivity contribution in [2.45, 2.75) is 13.8 Å². The van der Waals surface area contributed by atoms with Gasteiger partial charge in [0, 0.05) is 12.1 Å². The summed E-state index contributed by atoms with van der Waals surface area (Å²) in [5.74, 6) is 0.0230. The van der Waals surface area contributed by atoms with Gasteiger partial charge >= 0.3 is 5.97 Å². The summed E-state index contributed by atoms with van der Waals surface area (Å²) >= 11 is 5.12. The Morgan fingerprint density at radius 3 is 2.75 bits per heavy atom. The molecule has 0 aliphatic rings. The average Bonchev–Trinajstić information content (AvgIpc) is 2.69. The van der Waals surface area contributed by atoms with Gasteiger partial charge < -0.3 is 10.1 Å². The molecule has 2 N–H and O–H groups in total. The number of fused-ring (bicyclic) bond motifs is 1. The van der Waals surface area contributed by atoms with E-state index in [1.54, 1.807) is 24.4 Å². The number of rotatable bonds is 5. The Morgan fingerprint density at radius 2 is 1.96 bits per heavy atom. The van der Waals surface area contributed by atoms with E-state index in [9.17, 15) is 4.79 Å². The van der Waals surface area contributed by atoms with E-state index in [0.717, 1.165) is 16.3 Å². The molecule has 0 bridgehead atoms. The quantitative estimate of drug-likeness (QED) is 0.225. The summed E-state index contributed by atoms with van der Waals surface area (Å²) in [5.41, 5.74) is 4.96. The Labute approximate surface area is 169 Å². The van der Waals surface area contributed by atoms with Gasteiger partial charge in [-0.2, -0.15) is 5.10 Å². The van der Waals surface area contributed by atoms with E-state index in [-0.39, 0.29) is 0 Å². The summed E-state index contributed by atoms with van der Waals surface area (Å²) in [6.45, 7) is 4.59. The number of carbonyl (C=O) groups is 1. The summed E-state index contributed by atoms with van der Waals surface area (Å²) in [4.78, 5) is 12.6. The zero-order chi connectivity index (χ0) is 19.9. The van der Waals surface area contributed by atoms with Crippen molar-refractivity contribution < 1.29 is 9.53 Å². The lowest BCUT2D eigenvalue weighted by Gasteiger charge is -2.11. The van der Waals surface area contributed by atoms with Gasteiger partial charge in [-0.05, 0) is 55.0 Å². The Morgan fingerprint density at radius 1 is 1.14 bits per heavy atom. The first-order chi connectivity index (χ1) is 13.6. The van der Waals surface area contributed by atoms with E-state index in [4.69, 9.17) is 17.0 Å². The second-order valence-electron chi connectivity index (χ2n) is 6.19. The number of esters is 1. The molecule has 0 fully saturated rings. The first-order valence-corrected chi connectivity index (χ1v) is 9.37. The summed E-state index contributed by atoms with van der Waals surface area (Å²) in [6.07, 6.45) is 1.62. The number of thiocarbonyl (C=S) groups is 1. The van der Waals surface area contributed by atoms with Crippen LogP contribution in [-0.4, -0.2) is 23.8 Å². The van der Waals surface area contributed by atoms with Gasteiger partial charge in [0.05, 0.1) is 11.8 Å². The van der Waals surface area contributed by atoms with Crippen LogP contribution in [0, 0.1) is 6.92 Å². The number of nitrogens with zero attached hydrogens (tertiary/aromatic N) is 1. The molecule has 0 amide bonds. The molecule has 3 aromatic carbocycles. The fourth-order valence-corrected chi connectivity index (χ4v) is 2.98. The summed E-state index contributed by atoms with van der Waals surface area (Å²) in [5, 5.41) is 9.54. The minimum atomic E-state index is -0.412. The molecule has 6 heteroatoms. The van der Waals surface area contributed by atoms with Crippen LogP contribution >= 0.6 is 12.2 Å². The zero-order valence-electron chi connectivity index (χ0n) is 15.7. The van der Waals surface area contributed by atoms with Crippen LogP contribution in [0.3, 0.4) is 0 Å². The number of nitrogens with one attached hydrogen (secondary N) is 2. The van der Waals surface area contributed by atoms with Crippen LogP contribution in [0.1, 0.15) is 28.4 Å². The minimum absolute atomic E-state index is 0.412. The standard InChI is InChI=1S/C22H21N3O2S/c1-3-23-22(28)25-24-14-19-18-10-5-4-8-16(18)11-12-20(19)27-21(26)17-9-6-7-15(2)13-17/h4-14H,3H2,1-2H3,(H2,23,25,28). The smallest absolute Gasteiger partial charge is 0.343 e. The first-order valence-electron chi connectivity index (χ1n) is 8.96. The molecule has 0 saturated heterocycles. The van der Waals surface area contributed by atoms with Crippen molar-refractivity contribution in [3.63, 3.8) is 0 Å². The van der Waals surface area contributed by atoms with Gasteiger partial charge in [-0.3, -0.25) is 5.43 Å². The van der Waals surface area contributed by atoms with E-state index in [2.05, 4.69) is 15.8 Å². The summed E-state index contributed by atoms with van der Waals surface area (Å²) in [6, 6.07) is 18.8. The molecule has 5 nitrogen and oxygen atoms in total. The molecule has 28 heavy (non-hydrogen) atoms. The van der Waals surface area contributed by atoms with Gasteiger partial charge in [0.25, 0.3) is 0 Å². The lowest BCUT2D eigenvalue weighted by Crippen LogP contribution is -2.31. The molecule has 0 saturated carbocycles. The van der Waals surface area contributed by atoms with Crippen LogP contribution in [-0.2, 0) is 0 Å². The van der Waals surface area contributed by atoms with Crippen molar-refractivity contribution in [1.29, 1.82) is 0 Å². The maximum atomic E-state index is 12.6. The number of carbonyl (C=O) groups excluding carboxylic acids is 1. The Bertz CT molecular complexity index is 1050. The molecule has 3 aromatic rings. The van der Waals surface area contributed by atoms with Crippen molar-refractivity contribution in [1.82, 2.24) is 10.7 Å². The molecular formula is C22H21N3O2S. The molecule has 0 radical (unpaired) electrons. The normalized spacial score (nSPS) is 10.8. The van der Waals surface area contributed by atoms with Crippen LogP contribution in [0.2, 0.25) is 0 Å². The molecule has 0 unspecified atom stereocenters. The van der Waals surface area contributed by atoms with Crippen LogP contribution in [0.4, 0.5) is 0 Å². The van der Waals surface area contributed by atoms with E-state index >= 15 is 0 Å². The highest BCUT2D eigenvalue weighted by atomic mass is 32.1. The fraction of sp³-hybridized carbons (Fsp3) is 0.136. The van der Waals surface area contributed by atoms with Crippen LogP contribution in [0.15, 0.2) is 65.8 Å². The lowest BCUT2D eigenvalue weighted by atomic mass is 10.0. The number of benzene rings is 3. The Hall–Kier alpha value is -3.25. The maximum absolute atomic E-state index is 12.6. The minimum Gasteiger partial charge on any atom is -0.422 e. The van der Waals surface area contributed by atoms with Gasteiger partial charge in [-0.15, -0.1) is 0 Å². The second kappa shape index (κ2) is 9.10. The first kappa shape index (κ1) is 19.5. The largest absolute Gasteiger partial charge is 0.422 e. The highest BCUT2D eigenvalue weighted by Crippen LogP contribution is 2.27. The topological polar surface area (TPSA) is 62.7 Å². The zero-order valence-corrected chi connectivity index (χ0v) is 16.5. The Balaban J connectivity index is 1.94. The van der Waals surface area contributed by atoms with Crippen molar-refractivity contribution >= 4 is 40.3 Å². The summed E-state index contributed by atoms with van der Waals surface area (Å²) in [7, 11) is 0. The van der Waals surface area contributed by atoms with Gasteiger partial charge in [0.1, 0.15) is 5.75 Å². The van der Waals surface area contributed by atoms with Gasteiger partial charge in [0.15, 0.2) is 5.11 Å². The molecule has 3 rings (SSSR count). The predicted molar refractivity (Wildman–Crippen MR) is 117 cm³/mol. The lowest BCUT2D eigenvalue weighted by molar-refractivity contribution is 0.0734. The molecule has 0 heterocycles. The number of ether oxygens (including phenoxy) is 1. The molecule has 0 aliphatic carbocycles. The van der Waals surface area contributed by atoms with E-state index < -0.39 is 5.97 Å². The molecule has 142 valence electrons. The third-order valence-electron chi connectivity index (χ3n) is 4.08. The molecule has 0 aliphatic heterocycles. The van der Waals surface area contributed by atoms with Gasteiger partial charge in [0.2, 0.25) is 0 Å². The van der Waals surface area contributed by atoms with Crippen molar-refractivity contribution in [3.05, 3.63) is 77.4 Å². The highest BCUT2D eigenvalue weighted by molar-refractivity contribution is 7.80. The average molecular weight is 391 g/mol. The Kier molecular flexibility index (Phi) is 6.34. The number of hydrazone groups is 1. The predicted octanol–water partition coefficient (Wildman–Crippen LogP) is 4.19. The maximum Gasteiger partial charge on any atom is 0.343 e. The van der Waals surface area contributed by atoms with Crippen molar-refractivity contribution in [2.75, 3.05) is 6.54 Å². The van der Waals surface area contributed by atoms with Crippen molar-refractivity contribution in [2.24, 2.45) is 5.10 Å². The van der Waals surface area contributed by atoms with Crippen molar-refractivity contribution in [3.8, 4) is 5.75 Å². The summed E-state index contributed by atoms with van der Waals surface area (Å²) < 4.78 is 5.69. The van der Waals surface area contributed by atoms with Gasteiger partial charge in [-0.1, -0.05) is 48.0 Å². The fourth-order valence-electron chi connectivity index (χ4n) is 2.78. The van der Waals surface area contributed by atoms with E-state index in [0.29, 0.717) is 28.5 Å². The molecule has 0 atom stereocenters. The van der Waals surface area contributed by atoms with E-state index in [1.165, 1.54) is 0 Å². The number of hydrogen-bond acceptors (Lipinski definition) is 4. The van der Waals surface area contributed by atoms with Crippen LogP contribution < -0.4 is 15.5 Å².